The van der Waals surface area contributed by atoms with E-state index < -0.39 is 5.97 Å². The van der Waals surface area contributed by atoms with Gasteiger partial charge in [0.15, 0.2) is 11.6 Å². The molecule has 0 radical (unpaired) electrons. The van der Waals surface area contributed by atoms with Crippen LogP contribution in [0.25, 0.3) is 0 Å². The van der Waals surface area contributed by atoms with Crippen LogP contribution in [0.4, 0.5) is 0 Å². The predicted molar refractivity (Wildman–Crippen MR) is 117 cm³/mol. The molecule has 0 bridgehead atoms. The standard InChI is InChI=1S/C26H36O5/c1-16-13-21-19-7-6-17-14-18(28)8-10-25(17,2)20(19)9-11-26(21,3)24(16)22(29)15-31-23(30)5-4-12-27/h9,14,16,19,21,24,27H,4-8,10-13,15H2,1-3H3/t16-,19?,21?,24+,25-,26-/m0/s1. The van der Waals surface area contributed by atoms with Crippen LogP contribution in [-0.4, -0.2) is 35.9 Å². The second kappa shape index (κ2) is 8.31. The number of esters is 1. The van der Waals surface area contributed by atoms with Gasteiger partial charge in [-0.1, -0.05) is 38.0 Å². The van der Waals surface area contributed by atoms with Crippen LogP contribution in [0.5, 0.6) is 0 Å². The molecule has 0 amide bonds. The first-order chi connectivity index (χ1) is 14.7. The first-order valence-electron chi connectivity index (χ1n) is 11.9. The molecular formula is C26H36O5. The molecule has 2 unspecified atom stereocenters. The van der Waals surface area contributed by atoms with Crippen molar-refractivity contribution in [3.05, 3.63) is 23.3 Å². The average Bonchev–Trinajstić information content (AvgIpc) is 3.01. The van der Waals surface area contributed by atoms with Gasteiger partial charge in [-0.25, -0.2) is 0 Å². The van der Waals surface area contributed by atoms with E-state index >= 15 is 0 Å². The van der Waals surface area contributed by atoms with Gasteiger partial charge in [-0.2, -0.15) is 0 Å². The Kier molecular flexibility index (Phi) is 6.01. The van der Waals surface area contributed by atoms with E-state index in [-0.39, 0.29) is 53.9 Å². The van der Waals surface area contributed by atoms with Crippen molar-refractivity contribution in [2.24, 2.45) is 34.5 Å². The zero-order valence-electron chi connectivity index (χ0n) is 19.1. The van der Waals surface area contributed by atoms with Gasteiger partial charge in [-0.15, -0.1) is 0 Å². The molecule has 5 nitrogen and oxygen atoms in total. The van der Waals surface area contributed by atoms with Gasteiger partial charge in [-0.05, 0) is 67.8 Å². The zero-order valence-corrected chi connectivity index (χ0v) is 19.1. The van der Waals surface area contributed by atoms with E-state index in [1.165, 1.54) is 11.1 Å². The van der Waals surface area contributed by atoms with Crippen LogP contribution in [0.3, 0.4) is 0 Å². The molecule has 4 rings (SSSR count). The lowest BCUT2D eigenvalue weighted by atomic mass is 9.51. The van der Waals surface area contributed by atoms with Crippen molar-refractivity contribution >= 4 is 17.5 Å². The number of rotatable bonds is 6. The fourth-order valence-electron chi connectivity index (χ4n) is 7.45. The first kappa shape index (κ1) is 22.4. The van der Waals surface area contributed by atoms with Crippen LogP contribution in [0.1, 0.15) is 72.1 Å². The number of hydrogen-bond donors (Lipinski definition) is 1. The topological polar surface area (TPSA) is 80.7 Å². The van der Waals surface area contributed by atoms with Crippen molar-refractivity contribution in [1.29, 1.82) is 0 Å². The SMILES string of the molecule is C[C@H]1CC2C3CCC4=CC(=O)CC[C@]4(C)C3=CC[C@]2(C)[C@H]1C(=O)COC(=O)CCCO. The molecule has 0 aliphatic heterocycles. The number of hydrogen-bond acceptors (Lipinski definition) is 5. The van der Waals surface area contributed by atoms with Crippen molar-refractivity contribution in [1.82, 2.24) is 0 Å². The van der Waals surface area contributed by atoms with Crippen LogP contribution in [0.15, 0.2) is 23.3 Å². The molecule has 2 saturated carbocycles. The maximum Gasteiger partial charge on any atom is 0.306 e. The Morgan fingerprint density at radius 1 is 1.26 bits per heavy atom. The molecule has 4 aliphatic rings. The highest BCUT2D eigenvalue weighted by Crippen LogP contribution is 2.65. The summed E-state index contributed by atoms with van der Waals surface area (Å²) in [6.45, 7) is 6.55. The molecule has 4 aliphatic carbocycles. The van der Waals surface area contributed by atoms with Gasteiger partial charge in [0.05, 0.1) is 0 Å². The Balaban J connectivity index is 1.54. The maximum atomic E-state index is 13.2. The molecule has 170 valence electrons. The summed E-state index contributed by atoms with van der Waals surface area (Å²) in [5, 5.41) is 8.86. The Labute approximate surface area is 185 Å². The van der Waals surface area contributed by atoms with Gasteiger partial charge in [-0.3, -0.25) is 14.4 Å². The molecule has 0 heterocycles. The van der Waals surface area contributed by atoms with Crippen molar-refractivity contribution in [2.45, 2.75) is 72.1 Å². The number of carbonyl (C=O) groups excluding carboxylic acids is 3. The first-order valence-corrected chi connectivity index (χ1v) is 11.9. The monoisotopic (exact) mass is 428 g/mol. The summed E-state index contributed by atoms with van der Waals surface area (Å²) >= 11 is 0. The zero-order chi connectivity index (χ0) is 22.4. The van der Waals surface area contributed by atoms with E-state index in [4.69, 9.17) is 9.84 Å². The molecule has 0 aromatic carbocycles. The van der Waals surface area contributed by atoms with Gasteiger partial charge in [0, 0.05) is 30.8 Å². The molecule has 0 saturated heterocycles. The van der Waals surface area contributed by atoms with Gasteiger partial charge < -0.3 is 9.84 Å². The number of ketones is 2. The van der Waals surface area contributed by atoms with Crippen LogP contribution < -0.4 is 0 Å². The summed E-state index contributed by atoms with van der Waals surface area (Å²) in [5.74, 6) is 0.993. The minimum atomic E-state index is -0.410. The summed E-state index contributed by atoms with van der Waals surface area (Å²) in [4.78, 5) is 37.0. The van der Waals surface area contributed by atoms with Crippen molar-refractivity contribution in [3.8, 4) is 0 Å². The van der Waals surface area contributed by atoms with Crippen molar-refractivity contribution < 1.29 is 24.2 Å². The van der Waals surface area contributed by atoms with E-state index in [2.05, 4.69) is 26.8 Å². The third-order valence-electron chi connectivity index (χ3n) is 8.94. The summed E-state index contributed by atoms with van der Waals surface area (Å²) < 4.78 is 5.24. The number of allylic oxidation sites excluding steroid dienone is 4. The Hall–Kier alpha value is -1.75. The quantitative estimate of drug-likeness (QED) is 0.507. The van der Waals surface area contributed by atoms with Crippen molar-refractivity contribution in [3.63, 3.8) is 0 Å². The van der Waals surface area contributed by atoms with Gasteiger partial charge in [0.25, 0.3) is 0 Å². The lowest BCUT2D eigenvalue weighted by Gasteiger charge is -2.53. The number of carbonyl (C=O) groups is 3. The van der Waals surface area contributed by atoms with Gasteiger partial charge in [0.2, 0.25) is 0 Å². The molecule has 5 heteroatoms. The Morgan fingerprint density at radius 2 is 2.03 bits per heavy atom. The maximum absolute atomic E-state index is 13.2. The predicted octanol–water partition coefficient (Wildman–Crippen LogP) is 4.19. The van der Waals surface area contributed by atoms with Crippen molar-refractivity contribution in [2.75, 3.05) is 13.2 Å². The fourth-order valence-corrected chi connectivity index (χ4v) is 7.45. The summed E-state index contributed by atoms with van der Waals surface area (Å²) in [5.41, 5.74) is 2.72. The molecule has 6 atom stereocenters. The highest BCUT2D eigenvalue weighted by atomic mass is 16.5. The summed E-state index contributed by atoms with van der Waals surface area (Å²) in [6.07, 6.45) is 10.3. The number of ether oxygens (including phenoxy) is 1. The summed E-state index contributed by atoms with van der Waals surface area (Å²) in [7, 11) is 0. The third-order valence-corrected chi connectivity index (χ3v) is 8.94. The van der Waals surface area contributed by atoms with Gasteiger partial charge in [0.1, 0.15) is 6.61 Å². The smallest absolute Gasteiger partial charge is 0.306 e. The van der Waals surface area contributed by atoms with E-state index in [1.54, 1.807) is 0 Å². The van der Waals surface area contributed by atoms with Crippen LogP contribution >= 0.6 is 0 Å². The van der Waals surface area contributed by atoms with Crippen LogP contribution in [-0.2, 0) is 19.1 Å². The molecular weight excluding hydrogens is 392 g/mol. The Morgan fingerprint density at radius 3 is 2.77 bits per heavy atom. The minimum absolute atomic E-state index is 0.00568. The lowest BCUT2D eigenvalue weighted by Crippen LogP contribution is -2.46. The third kappa shape index (κ3) is 3.73. The largest absolute Gasteiger partial charge is 0.458 e. The van der Waals surface area contributed by atoms with E-state index in [1.807, 2.05) is 6.08 Å². The second-order valence-electron chi connectivity index (χ2n) is 10.7. The number of aliphatic hydroxyl groups excluding tert-OH is 1. The number of aliphatic hydroxyl groups is 1. The molecule has 31 heavy (non-hydrogen) atoms. The minimum Gasteiger partial charge on any atom is -0.458 e. The second-order valence-corrected chi connectivity index (χ2v) is 10.7. The van der Waals surface area contributed by atoms with E-state index in [9.17, 15) is 14.4 Å². The lowest BCUT2D eigenvalue weighted by molar-refractivity contribution is -0.151. The fraction of sp³-hybridized carbons (Fsp3) is 0.731. The summed E-state index contributed by atoms with van der Waals surface area (Å²) in [6, 6.07) is 0. The van der Waals surface area contributed by atoms with E-state index in [0.29, 0.717) is 24.7 Å². The molecule has 0 aromatic rings. The van der Waals surface area contributed by atoms with Gasteiger partial charge >= 0.3 is 5.97 Å². The normalized spacial score (nSPS) is 39.0. The number of fused-ring (bicyclic) bond motifs is 5. The number of Topliss-reactive ketones (excluding diaryl/α,β-unsaturated/α-hetero) is 1. The molecule has 0 spiro atoms. The average molecular weight is 429 g/mol. The molecule has 2 fully saturated rings. The van der Waals surface area contributed by atoms with Crippen LogP contribution in [0, 0.1) is 34.5 Å². The van der Waals surface area contributed by atoms with E-state index in [0.717, 1.165) is 32.1 Å². The molecule has 0 aromatic heterocycles. The Bertz CT molecular complexity index is 839. The highest BCUT2D eigenvalue weighted by Gasteiger charge is 2.59. The van der Waals surface area contributed by atoms with Crippen LogP contribution in [0.2, 0.25) is 0 Å². The highest BCUT2D eigenvalue weighted by molar-refractivity contribution is 5.92. The molecule has 1 N–H and O–H groups in total.